The molecule has 0 N–H and O–H groups in total. The van der Waals surface area contributed by atoms with Gasteiger partial charge < -0.3 is 4.74 Å². The molecule has 0 aliphatic carbocycles. The lowest BCUT2D eigenvalue weighted by Crippen LogP contribution is -2.34. The number of methoxy groups -OCH3 is 1. The van der Waals surface area contributed by atoms with Crippen molar-refractivity contribution < 1.29 is 9.53 Å². The SMILES string of the molecule is COC(=O)C1=NN(c2ccccc2C)C2(S1)SC(c1ccccc1C)(c1ccccc1C)c1ccccc12. The molecule has 1 unspecified atom stereocenters. The van der Waals surface area contributed by atoms with Crippen LogP contribution in [0.1, 0.15) is 38.9 Å². The molecule has 0 saturated carbocycles. The minimum Gasteiger partial charge on any atom is -0.464 e. The van der Waals surface area contributed by atoms with Crippen LogP contribution in [-0.4, -0.2) is 18.1 Å². The van der Waals surface area contributed by atoms with E-state index in [9.17, 15) is 4.79 Å². The number of anilines is 1. The van der Waals surface area contributed by atoms with E-state index in [1.54, 1.807) is 0 Å². The number of esters is 1. The van der Waals surface area contributed by atoms with Crippen molar-refractivity contribution in [2.45, 2.75) is 29.7 Å². The molecule has 0 aromatic heterocycles. The Balaban J connectivity index is 1.69. The normalized spacial score (nSPS) is 19.4. The van der Waals surface area contributed by atoms with Crippen molar-refractivity contribution in [2.75, 3.05) is 12.1 Å². The number of carbonyl (C=O) groups is 1. The Labute approximate surface area is 232 Å². The number of hydrazone groups is 1. The summed E-state index contributed by atoms with van der Waals surface area (Å²) in [5.74, 6) is -0.423. The number of hydrogen-bond acceptors (Lipinski definition) is 6. The Bertz CT molecular complexity index is 1550. The lowest BCUT2D eigenvalue weighted by Gasteiger charge is -2.38. The molecule has 2 heterocycles. The summed E-state index contributed by atoms with van der Waals surface area (Å²) >= 11 is 3.32. The van der Waals surface area contributed by atoms with Gasteiger partial charge in [-0.25, -0.2) is 9.80 Å². The molecule has 4 aromatic rings. The number of thioether (sulfide) groups is 2. The molecule has 190 valence electrons. The van der Waals surface area contributed by atoms with E-state index in [1.807, 2.05) is 28.9 Å². The summed E-state index contributed by atoms with van der Waals surface area (Å²) in [6.07, 6.45) is 0. The third-order valence-electron chi connectivity index (χ3n) is 7.40. The van der Waals surface area contributed by atoms with Crippen molar-refractivity contribution in [3.8, 4) is 0 Å². The first kappa shape index (κ1) is 24.8. The van der Waals surface area contributed by atoms with Crippen LogP contribution in [0.2, 0.25) is 0 Å². The lowest BCUT2D eigenvalue weighted by atomic mass is 9.79. The van der Waals surface area contributed by atoms with Gasteiger partial charge in [0.05, 0.1) is 17.5 Å². The lowest BCUT2D eigenvalue weighted by molar-refractivity contribution is -0.132. The monoisotopic (exact) mass is 536 g/mol. The molecule has 6 rings (SSSR count). The first-order chi connectivity index (χ1) is 18.4. The molecule has 0 amide bonds. The van der Waals surface area contributed by atoms with E-state index < -0.39 is 14.9 Å². The second-order valence-corrected chi connectivity index (χ2v) is 12.5. The Morgan fingerprint density at radius 2 is 1.21 bits per heavy atom. The summed E-state index contributed by atoms with van der Waals surface area (Å²) in [7, 11) is 1.41. The largest absolute Gasteiger partial charge is 0.464 e. The molecular formula is C32H28N2O2S2. The zero-order valence-corrected chi connectivity index (χ0v) is 23.4. The van der Waals surface area contributed by atoms with Crippen LogP contribution in [0.4, 0.5) is 5.69 Å². The molecule has 0 saturated heterocycles. The number of carbonyl (C=O) groups excluding carboxylic acids is 1. The first-order valence-electron chi connectivity index (χ1n) is 12.6. The molecule has 0 bridgehead atoms. The van der Waals surface area contributed by atoms with Crippen LogP contribution in [-0.2, 0) is 18.5 Å². The van der Waals surface area contributed by atoms with Gasteiger partial charge in [-0.05, 0) is 60.2 Å². The molecular weight excluding hydrogens is 508 g/mol. The fourth-order valence-electron chi connectivity index (χ4n) is 5.63. The van der Waals surface area contributed by atoms with E-state index in [0.29, 0.717) is 5.04 Å². The van der Waals surface area contributed by atoms with E-state index in [4.69, 9.17) is 9.84 Å². The number of rotatable bonds is 4. The Morgan fingerprint density at radius 1 is 0.711 bits per heavy atom. The van der Waals surface area contributed by atoms with E-state index >= 15 is 0 Å². The summed E-state index contributed by atoms with van der Waals surface area (Å²) in [6.45, 7) is 6.45. The standard InChI is InChI=1S/C32H28N2O2S2/c1-21-13-5-8-16-24(21)31(25-17-9-6-14-22(25)2)26-18-10-11-19-27(26)32(38-31)34(28-20-12-7-15-23(28)3)33-29(37-32)30(35)36-4/h5-20H,1-4H3. The third kappa shape index (κ3) is 3.54. The molecule has 2 aliphatic rings. The highest BCUT2D eigenvalue weighted by molar-refractivity contribution is 8.27. The Morgan fingerprint density at radius 3 is 1.76 bits per heavy atom. The van der Waals surface area contributed by atoms with Gasteiger partial charge in [0.1, 0.15) is 0 Å². The van der Waals surface area contributed by atoms with Gasteiger partial charge in [0, 0.05) is 5.56 Å². The molecule has 4 aromatic carbocycles. The highest BCUT2D eigenvalue weighted by Crippen LogP contribution is 2.71. The van der Waals surface area contributed by atoms with Crippen molar-refractivity contribution in [1.82, 2.24) is 0 Å². The fourth-order valence-corrected chi connectivity index (χ4v) is 9.37. The van der Waals surface area contributed by atoms with Crippen LogP contribution in [0, 0.1) is 20.8 Å². The van der Waals surface area contributed by atoms with Crippen molar-refractivity contribution in [1.29, 1.82) is 0 Å². The molecule has 6 heteroatoms. The smallest absolute Gasteiger partial charge is 0.365 e. The van der Waals surface area contributed by atoms with Gasteiger partial charge in [-0.2, -0.15) is 5.10 Å². The average Bonchev–Trinajstić information content (AvgIpc) is 3.46. The maximum atomic E-state index is 12.9. The van der Waals surface area contributed by atoms with E-state index in [-0.39, 0.29) is 0 Å². The molecule has 1 spiro atoms. The van der Waals surface area contributed by atoms with Crippen molar-refractivity contribution >= 4 is 40.2 Å². The Hall–Kier alpha value is -3.48. The van der Waals surface area contributed by atoms with Gasteiger partial charge in [0.2, 0.25) is 5.04 Å². The number of nitrogens with zero attached hydrogens (tertiary/aromatic N) is 2. The molecule has 2 aliphatic heterocycles. The molecule has 4 nitrogen and oxygen atoms in total. The van der Waals surface area contributed by atoms with Crippen LogP contribution in [0.15, 0.2) is 102 Å². The number of ether oxygens (including phenoxy) is 1. The van der Waals surface area contributed by atoms with Gasteiger partial charge in [0.25, 0.3) is 0 Å². The summed E-state index contributed by atoms with van der Waals surface area (Å²) in [4.78, 5) is 12.9. The van der Waals surface area contributed by atoms with Gasteiger partial charge in [0.15, 0.2) is 4.20 Å². The minimum atomic E-state index is -0.725. The van der Waals surface area contributed by atoms with Crippen molar-refractivity contribution in [3.63, 3.8) is 0 Å². The number of benzene rings is 4. The summed E-state index contributed by atoms with van der Waals surface area (Å²) < 4.78 is 3.92. The summed E-state index contributed by atoms with van der Waals surface area (Å²) in [5.41, 5.74) is 9.30. The molecule has 0 fully saturated rings. The van der Waals surface area contributed by atoms with Crippen LogP contribution in [0.5, 0.6) is 0 Å². The quantitative estimate of drug-likeness (QED) is 0.253. The number of hydrogen-bond donors (Lipinski definition) is 0. The van der Waals surface area contributed by atoms with Gasteiger partial charge in [-0.15, -0.1) is 0 Å². The van der Waals surface area contributed by atoms with Crippen LogP contribution in [0.25, 0.3) is 0 Å². The zero-order chi connectivity index (χ0) is 26.5. The predicted molar refractivity (Wildman–Crippen MR) is 159 cm³/mol. The van der Waals surface area contributed by atoms with E-state index in [1.165, 1.54) is 46.7 Å². The molecule has 0 radical (unpaired) electrons. The van der Waals surface area contributed by atoms with E-state index in [2.05, 4.69) is 106 Å². The minimum absolute atomic E-state index is 0.350. The van der Waals surface area contributed by atoms with E-state index in [0.717, 1.165) is 16.8 Å². The van der Waals surface area contributed by atoms with Crippen LogP contribution >= 0.6 is 23.5 Å². The average molecular weight is 537 g/mol. The maximum absolute atomic E-state index is 12.9. The molecule has 1 atom stereocenters. The van der Waals surface area contributed by atoms with Crippen molar-refractivity contribution in [2.24, 2.45) is 5.10 Å². The maximum Gasteiger partial charge on any atom is 0.365 e. The van der Waals surface area contributed by atoms with Crippen LogP contribution < -0.4 is 5.01 Å². The number of para-hydroxylation sites is 1. The highest BCUT2D eigenvalue weighted by atomic mass is 32.2. The molecule has 38 heavy (non-hydrogen) atoms. The van der Waals surface area contributed by atoms with Gasteiger partial charge in [-0.3, -0.25) is 0 Å². The second kappa shape index (κ2) is 9.37. The third-order valence-corrected chi connectivity index (χ3v) is 10.6. The second-order valence-electron chi connectivity index (χ2n) is 9.64. The van der Waals surface area contributed by atoms with Gasteiger partial charge >= 0.3 is 5.97 Å². The van der Waals surface area contributed by atoms with Crippen LogP contribution in [0.3, 0.4) is 0 Å². The van der Waals surface area contributed by atoms with Gasteiger partial charge in [-0.1, -0.05) is 115 Å². The van der Waals surface area contributed by atoms with Crippen molar-refractivity contribution in [3.05, 3.63) is 136 Å². The zero-order valence-electron chi connectivity index (χ0n) is 21.8. The first-order valence-corrected chi connectivity index (χ1v) is 14.2. The number of aryl methyl sites for hydroxylation is 3. The topological polar surface area (TPSA) is 41.9 Å². The fraction of sp³-hybridized carbons (Fsp3) is 0.188. The summed E-state index contributed by atoms with van der Waals surface area (Å²) in [6, 6.07) is 34.1. The number of fused-ring (bicyclic) bond motifs is 2. The highest BCUT2D eigenvalue weighted by Gasteiger charge is 2.62. The summed E-state index contributed by atoms with van der Waals surface area (Å²) in [5, 5.41) is 7.33. The Kier molecular flexibility index (Phi) is 6.12. The predicted octanol–water partition coefficient (Wildman–Crippen LogP) is 7.50.